The summed E-state index contributed by atoms with van der Waals surface area (Å²) in [7, 11) is 0. The summed E-state index contributed by atoms with van der Waals surface area (Å²) in [5, 5.41) is 12.1. The molecule has 0 radical (unpaired) electrons. The summed E-state index contributed by atoms with van der Waals surface area (Å²) >= 11 is 0. The van der Waals surface area contributed by atoms with E-state index in [1.165, 1.54) is 0 Å². The molecule has 19 heavy (non-hydrogen) atoms. The Morgan fingerprint density at radius 3 is 2.21 bits per heavy atom. The van der Waals surface area contributed by atoms with E-state index in [-0.39, 0.29) is 11.7 Å². The van der Waals surface area contributed by atoms with E-state index in [2.05, 4.69) is 5.32 Å². The highest BCUT2D eigenvalue weighted by atomic mass is 16.3. The fraction of sp³-hybridized carbons (Fsp3) is 0.188. The Morgan fingerprint density at radius 2 is 1.63 bits per heavy atom. The second-order valence-corrected chi connectivity index (χ2v) is 4.62. The number of hydrogen-bond acceptors (Lipinski definition) is 2. The number of phenols is 1. The maximum atomic E-state index is 12.2. The molecule has 0 fully saturated rings. The van der Waals surface area contributed by atoms with Crippen molar-refractivity contribution in [2.45, 2.75) is 20.4 Å². The van der Waals surface area contributed by atoms with Gasteiger partial charge < -0.3 is 10.4 Å². The van der Waals surface area contributed by atoms with Gasteiger partial charge >= 0.3 is 0 Å². The Bertz CT molecular complexity index is 568. The molecular formula is C16H17NO2. The third kappa shape index (κ3) is 3.13. The zero-order valence-electron chi connectivity index (χ0n) is 11.1. The van der Waals surface area contributed by atoms with E-state index in [4.69, 9.17) is 0 Å². The first-order chi connectivity index (χ1) is 9.08. The first-order valence-electron chi connectivity index (χ1n) is 6.20. The maximum absolute atomic E-state index is 12.2. The average Bonchev–Trinajstić information content (AvgIpc) is 2.38. The molecule has 0 bridgehead atoms. The van der Waals surface area contributed by atoms with Crippen LogP contribution in [-0.4, -0.2) is 11.0 Å². The van der Waals surface area contributed by atoms with Gasteiger partial charge in [-0.15, -0.1) is 0 Å². The van der Waals surface area contributed by atoms with Crippen LogP contribution in [0, 0.1) is 13.8 Å². The van der Waals surface area contributed by atoms with Crippen molar-refractivity contribution in [2.75, 3.05) is 0 Å². The van der Waals surface area contributed by atoms with Crippen LogP contribution >= 0.6 is 0 Å². The molecule has 0 atom stereocenters. The maximum Gasteiger partial charge on any atom is 0.252 e. The standard InChI is InChI=1S/C16H17NO2/c1-11-4-3-5-12(2)15(11)16(19)17-10-13-6-8-14(18)9-7-13/h3-9,18H,10H2,1-2H3,(H,17,19). The van der Waals surface area contributed by atoms with E-state index in [1.807, 2.05) is 32.0 Å². The van der Waals surface area contributed by atoms with E-state index >= 15 is 0 Å². The summed E-state index contributed by atoms with van der Waals surface area (Å²) in [5.41, 5.74) is 3.64. The fourth-order valence-corrected chi connectivity index (χ4v) is 2.06. The van der Waals surface area contributed by atoms with E-state index in [0.717, 1.165) is 22.3 Å². The summed E-state index contributed by atoms with van der Waals surface area (Å²) in [5.74, 6) is 0.161. The predicted octanol–water partition coefficient (Wildman–Crippen LogP) is 2.94. The Kier molecular flexibility index (Phi) is 3.85. The highest BCUT2D eigenvalue weighted by Crippen LogP contribution is 2.14. The Hall–Kier alpha value is -2.29. The summed E-state index contributed by atoms with van der Waals surface area (Å²) in [4.78, 5) is 12.2. The number of amides is 1. The van der Waals surface area contributed by atoms with Crippen LogP contribution in [0.1, 0.15) is 27.0 Å². The predicted molar refractivity (Wildman–Crippen MR) is 75.2 cm³/mol. The molecule has 0 saturated heterocycles. The Labute approximate surface area is 112 Å². The van der Waals surface area contributed by atoms with Gasteiger partial charge in [0.2, 0.25) is 0 Å². The number of nitrogens with one attached hydrogen (secondary N) is 1. The molecule has 0 spiro atoms. The largest absolute Gasteiger partial charge is 0.508 e. The van der Waals surface area contributed by atoms with Gasteiger partial charge in [0.15, 0.2) is 0 Å². The Balaban J connectivity index is 2.07. The lowest BCUT2D eigenvalue weighted by molar-refractivity contribution is 0.0949. The van der Waals surface area contributed by atoms with Gasteiger partial charge in [0.1, 0.15) is 5.75 Å². The minimum atomic E-state index is -0.0660. The lowest BCUT2D eigenvalue weighted by atomic mass is 10.0. The molecular weight excluding hydrogens is 238 g/mol. The van der Waals surface area contributed by atoms with Crippen molar-refractivity contribution in [3.05, 3.63) is 64.7 Å². The summed E-state index contributed by atoms with van der Waals surface area (Å²) < 4.78 is 0. The van der Waals surface area contributed by atoms with Gasteiger partial charge in [0, 0.05) is 12.1 Å². The van der Waals surface area contributed by atoms with Crippen molar-refractivity contribution < 1.29 is 9.90 Å². The Morgan fingerprint density at radius 1 is 1.05 bits per heavy atom. The second-order valence-electron chi connectivity index (χ2n) is 4.62. The molecule has 0 aliphatic carbocycles. The van der Waals surface area contributed by atoms with Gasteiger partial charge in [-0.1, -0.05) is 30.3 Å². The number of phenolic OH excluding ortho intramolecular Hbond substituents is 1. The third-order valence-electron chi connectivity index (χ3n) is 3.10. The molecule has 0 aromatic heterocycles. The van der Waals surface area contributed by atoms with Gasteiger partial charge in [-0.2, -0.15) is 0 Å². The van der Waals surface area contributed by atoms with Crippen LogP contribution in [0.15, 0.2) is 42.5 Å². The number of benzene rings is 2. The molecule has 0 heterocycles. The van der Waals surface area contributed by atoms with Crippen molar-refractivity contribution >= 4 is 5.91 Å². The molecule has 3 heteroatoms. The molecule has 0 aliphatic heterocycles. The van der Waals surface area contributed by atoms with Gasteiger partial charge in [-0.05, 0) is 42.7 Å². The summed E-state index contributed by atoms with van der Waals surface area (Å²) in [6.07, 6.45) is 0. The van der Waals surface area contributed by atoms with Crippen LogP contribution in [0.25, 0.3) is 0 Å². The minimum absolute atomic E-state index is 0.0660. The molecule has 98 valence electrons. The van der Waals surface area contributed by atoms with E-state index in [9.17, 15) is 9.90 Å². The molecule has 2 N–H and O–H groups in total. The van der Waals surface area contributed by atoms with Crippen molar-refractivity contribution in [3.8, 4) is 5.75 Å². The molecule has 1 amide bonds. The van der Waals surface area contributed by atoms with Crippen LogP contribution in [0.2, 0.25) is 0 Å². The SMILES string of the molecule is Cc1cccc(C)c1C(=O)NCc1ccc(O)cc1. The number of aromatic hydroxyl groups is 1. The van der Waals surface area contributed by atoms with Gasteiger partial charge in [-0.3, -0.25) is 4.79 Å². The number of carbonyl (C=O) groups excluding carboxylic acids is 1. The molecule has 0 aliphatic rings. The van der Waals surface area contributed by atoms with Crippen molar-refractivity contribution in [1.29, 1.82) is 0 Å². The van der Waals surface area contributed by atoms with E-state index in [0.29, 0.717) is 6.54 Å². The van der Waals surface area contributed by atoms with E-state index < -0.39 is 0 Å². The van der Waals surface area contributed by atoms with Crippen LogP contribution in [0.4, 0.5) is 0 Å². The average molecular weight is 255 g/mol. The normalized spacial score (nSPS) is 10.2. The van der Waals surface area contributed by atoms with Gasteiger partial charge in [-0.25, -0.2) is 0 Å². The van der Waals surface area contributed by atoms with Crippen LogP contribution in [0.3, 0.4) is 0 Å². The third-order valence-corrected chi connectivity index (χ3v) is 3.10. The van der Waals surface area contributed by atoms with E-state index in [1.54, 1.807) is 24.3 Å². The summed E-state index contributed by atoms with van der Waals surface area (Å²) in [6, 6.07) is 12.6. The van der Waals surface area contributed by atoms with Crippen molar-refractivity contribution in [3.63, 3.8) is 0 Å². The molecule has 2 rings (SSSR count). The summed E-state index contributed by atoms with van der Waals surface area (Å²) in [6.45, 7) is 4.32. The zero-order valence-corrected chi connectivity index (χ0v) is 11.1. The van der Waals surface area contributed by atoms with Gasteiger partial charge in [0.25, 0.3) is 5.91 Å². The first-order valence-corrected chi connectivity index (χ1v) is 6.20. The second kappa shape index (κ2) is 5.57. The number of aryl methyl sites for hydroxylation is 2. The minimum Gasteiger partial charge on any atom is -0.508 e. The number of carbonyl (C=O) groups is 1. The van der Waals surface area contributed by atoms with Crippen LogP contribution < -0.4 is 5.32 Å². The molecule has 2 aromatic rings. The highest BCUT2D eigenvalue weighted by Gasteiger charge is 2.11. The zero-order chi connectivity index (χ0) is 13.8. The molecule has 2 aromatic carbocycles. The quantitative estimate of drug-likeness (QED) is 0.886. The van der Waals surface area contributed by atoms with Crippen LogP contribution in [-0.2, 0) is 6.54 Å². The monoisotopic (exact) mass is 255 g/mol. The number of rotatable bonds is 3. The van der Waals surface area contributed by atoms with Crippen molar-refractivity contribution in [2.24, 2.45) is 0 Å². The molecule has 3 nitrogen and oxygen atoms in total. The number of hydrogen-bond donors (Lipinski definition) is 2. The topological polar surface area (TPSA) is 49.3 Å². The lowest BCUT2D eigenvalue weighted by Crippen LogP contribution is -2.24. The molecule has 0 saturated carbocycles. The lowest BCUT2D eigenvalue weighted by Gasteiger charge is -2.10. The highest BCUT2D eigenvalue weighted by molar-refractivity contribution is 5.96. The smallest absolute Gasteiger partial charge is 0.252 e. The van der Waals surface area contributed by atoms with Gasteiger partial charge in [0.05, 0.1) is 0 Å². The molecule has 0 unspecified atom stereocenters. The fourth-order valence-electron chi connectivity index (χ4n) is 2.06. The van der Waals surface area contributed by atoms with Crippen molar-refractivity contribution in [1.82, 2.24) is 5.32 Å². The first kappa shape index (κ1) is 13.1. The van der Waals surface area contributed by atoms with Crippen LogP contribution in [0.5, 0.6) is 5.75 Å².